The Hall–Kier alpha value is -4.01. The van der Waals surface area contributed by atoms with Crippen molar-refractivity contribution in [3.05, 3.63) is 66.2 Å². The largest absolute Gasteiger partial charge is 0.481 e. The van der Waals surface area contributed by atoms with E-state index >= 15 is 0 Å². The van der Waals surface area contributed by atoms with E-state index in [0.717, 1.165) is 22.0 Å². The van der Waals surface area contributed by atoms with E-state index in [1.807, 2.05) is 13.0 Å². The van der Waals surface area contributed by atoms with E-state index in [1.54, 1.807) is 43.8 Å². The quantitative estimate of drug-likeness (QED) is 0.464. The third-order valence-electron chi connectivity index (χ3n) is 4.62. The standard InChI is InChI=1S/C21H19FN6O2/c1-12(13-3-5-15(22)6-4-13)25-21(29)26-18-10-17-16(11-24-18)20(28-27-17)14-7-8-23-19(9-14)30-2/h3-12H,1-2H3,(H,27,28)(H2,24,25,26,29)/t12-/m1/s1. The first-order valence-electron chi connectivity index (χ1n) is 9.21. The van der Waals surface area contributed by atoms with Gasteiger partial charge >= 0.3 is 6.03 Å². The van der Waals surface area contributed by atoms with E-state index in [1.165, 1.54) is 12.1 Å². The maximum atomic E-state index is 13.1. The molecule has 0 radical (unpaired) electrons. The second-order valence-corrected chi connectivity index (χ2v) is 6.65. The van der Waals surface area contributed by atoms with Crippen molar-refractivity contribution in [3.63, 3.8) is 0 Å². The molecule has 152 valence electrons. The van der Waals surface area contributed by atoms with Crippen molar-refractivity contribution < 1.29 is 13.9 Å². The second-order valence-electron chi connectivity index (χ2n) is 6.65. The molecule has 4 rings (SSSR count). The van der Waals surface area contributed by atoms with E-state index in [0.29, 0.717) is 17.4 Å². The molecule has 0 saturated heterocycles. The van der Waals surface area contributed by atoms with E-state index in [9.17, 15) is 9.18 Å². The lowest BCUT2D eigenvalue weighted by atomic mass is 10.1. The molecule has 0 unspecified atom stereocenters. The average molecular weight is 406 g/mol. The summed E-state index contributed by atoms with van der Waals surface area (Å²) in [6.07, 6.45) is 3.28. The number of carbonyl (C=O) groups is 1. The second kappa shape index (κ2) is 8.16. The molecule has 3 heterocycles. The molecule has 3 N–H and O–H groups in total. The molecule has 0 aliphatic heterocycles. The predicted octanol–water partition coefficient (Wildman–Crippen LogP) is 4.05. The van der Waals surface area contributed by atoms with E-state index in [4.69, 9.17) is 4.74 Å². The SMILES string of the molecule is COc1cc(-c2n[nH]c3cc(NC(=O)N[C@H](C)c4ccc(F)cc4)ncc23)ccn1. The molecule has 0 bridgehead atoms. The van der Waals surface area contributed by atoms with Crippen molar-refractivity contribution >= 4 is 22.8 Å². The molecule has 4 aromatic rings. The van der Waals surface area contributed by atoms with E-state index in [2.05, 4.69) is 30.8 Å². The normalized spacial score (nSPS) is 11.8. The molecule has 0 aliphatic carbocycles. The van der Waals surface area contributed by atoms with Crippen LogP contribution in [0.3, 0.4) is 0 Å². The topological polar surface area (TPSA) is 105 Å². The first-order valence-corrected chi connectivity index (χ1v) is 9.21. The molecule has 0 spiro atoms. The number of benzene rings is 1. The number of rotatable bonds is 5. The number of fused-ring (bicyclic) bond motifs is 1. The summed E-state index contributed by atoms with van der Waals surface area (Å²) in [5, 5.41) is 13.6. The van der Waals surface area contributed by atoms with Crippen LogP contribution >= 0.6 is 0 Å². The summed E-state index contributed by atoms with van der Waals surface area (Å²) in [6.45, 7) is 1.81. The number of amides is 2. The zero-order chi connectivity index (χ0) is 21.1. The van der Waals surface area contributed by atoms with Crippen molar-refractivity contribution in [1.29, 1.82) is 0 Å². The number of ether oxygens (including phenoxy) is 1. The lowest BCUT2D eigenvalue weighted by Crippen LogP contribution is -2.31. The Morgan fingerprint density at radius 1 is 1.17 bits per heavy atom. The Morgan fingerprint density at radius 3 is 2.73 bits per heavy atom. The van der Waals surface area contributed by atoms with E-state index < -0.39 is 6.03 Å². The minimum Gasteiger partial charge on any atom is -0.481 e. The fourth-order valence-corrected chi connectivity index (χ4v) is 3.05. The fraction of sp³-hybridized carbons (Fsp3) is 0.143. The highest BCUT2D eigenvalue weighted by atomic mass is 19.1. The Morgan fingerprint density at radius 2 is 1.97 bits per heavy atom. The van der Waals surface area contributed by atoms with Crippen LogP contribution in [0.5, 0.6) is 5.88 Å². The summed E-state index contributed by atoms with van der Waals surface area (Å²) in [6, 6.07) is 10.6. The van der Waals surface area contributed by atoms with E-state index in [-0.39, 0.29) is 11.9 Å². The summed E-state index contributed by atoms with van der Waals surface area (Å²) >= 11 is 0. The number of pyridine rings is 2. The fourth-order valence-electron chi connectivity index (χ4n) is 3.05. The Bertz CT molecular complexity index is 1190. The average Bonchev–Trinajstić information content (AvgIpc) is 3.17. The third-order valence-corrected chi connectivity index (χ3v) is 4.62. The lowest BCUT2D eigenvalue weighted by molar-refractivity contribution is 0.249. The van der Waals surface area contributed by atoms with Gasteiger partial charge in [0.05, 0.1) is 18.7 Å². The number of carbonyl (C=O) groups excluding carboxylic acids is 1. The van der Waals surface area contributed by atoms with Crippen LogP contribution in [0.1, 0.15) is 18.5 Å². The Labute approximate surface area is 171 Å². The Balaban J connectivity index is 1.48. The van der Waals surface area contributed by atoms with Crippen molar-refractivity contribution in [2.24, 2.45) is 0 Å². The maximum absolute atomic E-state index is 13.1. The molecule has 0 aliphatic rings. The van der Waals surface area contributed by atoms with Gasteiger partial charge in [-0.15, -0.1) is 0 Å². The number of anilines is 1. The number of halogens is 1. The third kappa shape index (κ3) is 4.04. The summed E-state index contributed by atoms with van der Waals surface area (Å²) in [4.78, 5) is 20.7. The molecule has 9 heteroatoms. The molecule has 1 aromatic carbocycles. The summed E-state index contributed by atoms with van der Waals surface area (Å²) in [5.41, 5.74) is 3.05. The smallest absolute Gasteiger partial charge is 0.320 e. The molecule has 3 aromatic heterocycles. The van der Waals surface area contributed by atoms with Gasteiger partial charge in [-0.25, -0.2) is 19.2 Å². The highest BCUT2D eigenvalue weighted by Crippen LogP contribution is 2.28. The van der Waals surface area contributed by atoms with Crippen LogP contribution in [0.2, 0.25) is 0 Å². The van der Waals surface area contributed by atoms with Gasteiger partial charge in [-0.2, -0.15) is 5.10 Å². The van der Waals surface area contributed by atoms with Gasteiger partial charge in [-0.3, -0.25) is 10.4 Å². The number of aromatic amines is 1. The molecular formula is C21H19FN6O2. The molecule has 1 atom stereocenters. The van der Waals surface area contributed by atoms with Crippen LogP contribution < -0.4 is 15.4 Å². The van der Waals surface area contributed by atoms with Crippen LogP contribution in [0.25, 0.3) is 22.2 Å². The zero-order valence-corrected chi connectivity index (χ0v) is 16.3. The molecule has 0 saturated carbocycles. The van der Waals surface area contributed by atoms with Crippen LogP contribution in [-0.4, -0.2) is 33.3 Å². The first-order chi connectivity index (χ1) is 14.5. The number of methoxy groups -OCH3 is 1. The summed E-state index contributed by atoms with van der Waals surface area (Å²) in [7, 11) is 1.55. The molecule has 0 fully saturated rings. The highest BCUT2D eigenvalue weighted by Gasteiger charge is 2.13. The van der Waals surface area contributed by atoms with Gasteiger partial charge in [-0.1, -0.05) is 12.1 Å². The van der Waals surface area contributed by atoms with Crippen molar-refractivity contribution in [2.45, 2.75) is 13.0 Å². The van der Waals surface area contributed by atoms with Crippen LogP contribution in [0.4, 0.5) is 15.0 Å². The number of nitrogens with zero attached hydrogens (tertiary/aromatic N) is 3. The number of urea groups is 1. The monoisotopic (exact) mass is 406 g/mol. The number of nitrogens with one attached hydrogen (secondary N) is 3. The van der Waals surface area contributed by atoms with Crippen LogP contribution in [0.15, 0.2) is 54.9 Å². The number of H-pyrrole nitrogens is 1. The van der Waals surface area contributed by atoms with Gasteiger partial charge in [0.2, 0.25) is 5.88 Å². The van der Waals surface area contributed by atoms with Gasteiger partial charge in [0, 0.05) is 35.5 Å². The predicted molar refractivity (Wildman–Crippen MR) is 111 cm³/mol. The van der Waals surface area contributed by atoms with Gasteiger partial charge < -0.3 is 10.1 Å². The van der Waals surface area contributed by atoms with Gasteiger partial charge in [0.25, 0.3) is 0 Å². The van der Waals surface area contributed by atoms with Crippen LogP contribution in [0, 0.1) is 5.82 Å². The first kappa shape index (κ1) is 19.3. The van der Waals surface area contributed by atoms with Gasteiger partial charge in [0.1, 0.15) is 17.3 Å². The molecule has 8 nitrogen and oxygen atoms in total. The van der Waals surface area contributed by atoms with Crippen molar-refractivity contribution in [3.8, 4) is 17.1 Å². The molecule has 30 heavy (non-hydrogen) atoms. The van der Waals surface area contributed by atoms with Crippen molar-refractivity contribution in [2.75, 3.05) is 12.4 Å². The van der Waals surface area contributed by atoms with Crippen LogP contribution in [-0.2, 0) is 0 Å². The molecular weight excluding hydrogens is 387 g/mol. The maximum Gasteiger partial charge on any atom is 0.320 e. The minimum atomic E-state index is -0.419. The number of aromatic nitrogens is 4. The summed E-state index contributed by atoms with van der Waals surface area (Å²) < 4.78 is 18.2. The van der Waals surface area contributed by atoms with Gasteiger partial charge in [0.15, 0.2) is 0 Å². The molecule has 2 amide bonds. The summed E-state index contributed by atoms with van der Waals surface area (Å²) in [5.74, 6) is 0.535. The number of hydrogen-bond acceptors (Lipinski definition) is 5. The lowest BCUT2D eigenvalue weighted by Gasteiger charge is -2.14. The zero-order valence-electron chi connectivity index (χ0n) is 16.3. The highest BCUT2D eigenvalue weighted by molar-refractivity contribution is 5.95. The Kier molecular flexibility index (Phi) is 5.25. The van der Waals surface area contributed by atoms with Crippen molar-refractivity contribution in [1.82, 2.24) is 25.5 Å². The van der Waals surface area contributed by atoms with Gasteiger partial charge in [-0.05, 0) is 30.7 Å². The number of hydrogen-bond donors (Lipinski definition) is 3. The minimum absolute atomic E-state index is 0.297.